The molecule has 3 heterocycles. The number of aliphatic hydroxyl groups excluding tert-OH is 1. The van der Waals surface area contributed by atoms with Crippen molar-refractivity contribution in [2.24, 2.45) is 10.2 Å². The van der Waals surface area contributed by atoms with Gasteiger partial charge in [0.1, 0.15) is 30.0 Å². The standard InChI is InChI=1S/C54H72N10O11S/c1-2-9-38-16-19-40(20-17-38)57-51(68)14-5-6-26-64-36-41(60-63-64)11-7-15-50(67)55-24-8-10-39-18-22-44(43(34-39)53(69)70)61-62-45-23-21-42(65)35-47(45)75-33-32-74-31-30-73-29-28-72-27-25-56-49(66)13-4-3-12-48-52-46(37-76-48)58-54(71)59-52/h16-23,34-36,46,48,51-52,57,65,68H,3-8,10-15,24-33,37H2,1H3,(H,55,67)(H,56,66)(H,69,70)(H2,58,59,71)/t46?,48-,51?,52?/m0/s1. The predicted octanol–water partition coefficient (Wildman–Crippen LogP) is 6.41. The highest BCUT2D eigenvalue weighted by molar-refractivity contribution is 8.00. The number of carboxylic acids is 1. The quantitative estimate of drug-likeness (QED) is 0.00803. The van der Waals surface area contributed by atoms with E-state index < -0.39 is 12.2 Å². The van der Waals surface area contributed by atoms with Crippen molar-refractivity contribution >= 4 is 52.6 Å². The number of rotatable bonds is 36. The van der Waals surface area contributed by atoms with E-state index in [9.17, 15) is 34.5 Å². The fourth-order valence-corrected chi connectivity index (χ4v) is 10.00. The lowest BCUT2D eigenvalue weighted by molar-refractivity contribution is -0.122. The second kappa shape index (κ2) is 32.6. The van der Waals surface area contributed by atoms with Crippen molar-refractivity contribution in [2.75, 3.05) is 70.4 Å². The Labute approximate surface area is 448 Å². The average Bonchev–Trinajstić information content (AvgIpc) is 4.13. The highest BCUT2D eigenvalue weighted by atomic mass is 32.2. The van der Waals surface area contributed by atoms with Crippen LogP contribution in [0.1, 0.15) is 98.3 Å². The van der Waals surface area contributed by atoms with Gasteiger partial charge in [0.05, 0.1) is 63.0 Å². The molecule has 0 saturated carbocycles. The Hall–Kier alpha value is -6.77. The zero-order chi connectivity index (χ0) is 53.7. The molecule has 8 N–H and O–H groups in total. The van der Waals surface area contributed by atoms with Gasteiger partial charge in [-0.15, -0.1) is 21.2 Å². The van der Waals surface area contributed by atoms with Crippen LogP contribution in [0.5, 0.6) is 11.5 Å². The van der Waals surface area contributed by atoms with Gasteiger partial charge in [-0.05, 0) is 119 Å². The minimum absolute atomic E-state index is 0.000408. The number of hydrogen-bond donors (Lipinski definition) is 8. The van der Waals surface area contributed by atoms with E-state index in [4.69, 9.17) is 18.9 Å². The van der Waals surface area contributed by atoms with Crippen LogP contribution in [-0.2, 0) is 43.2 Å². The van der Waals surface area contributed by atoms with E-state index in [2.05, 4.69) is 59.0 Å². The lowest BCUT2D eigenvalue weighted by atomic mass is 10.0. The molecular weight excluding hydrogens is 997 g/mol. The van der Waals surface area contributed by atoms with Crippen molar-refractivity contribution in [1.29, 1.82) is 0 Å². The Morgan fingerprint density at radius 3 is 2.33 bits per heavy atom. The van der Waals surface area contributed by atoms with E-state index >= 15 is 0 Å². The van der Waals surface area contributed by atoms with Crippen LogP contribution in [0.2, 0.25) is 0 Å². The number of unbranched alkanes of at least 4 members (excludes halogenated alkanes) is 2. The third-order valence-electron chi connectivity index (χ3n) is 12.4. The monoisotopic (exact) mass is 1070 g/mol. The third-order valence-corrected chi connectivity index (χ3v) is 13.9. The number of phenolic OH excluding ortho intramolecular Hbond substituents is 1. The molecule has 3 aromatic carbocycles. The number of ether oxygens (including phenoxy) is 4. The van der Waals surface area contributed by atoms with E-state index in [1.165, 1.54) is 18.2 Å². The number of aryl methyl sites for hydroxylation is 3. The Balaban J connectivity index is 0.769. The fourth-order valence-electron chi connectivity index (χ4n) is 8.45. The first-order valence-electron chi connectivity index (χ1n) is 26.1. The first-order chi connectivity index (χ1) is 37.0. The number of aliphatic hydroxyl groups is 1. The molecule has 22 heteroatoms. The van der Waals surface area contributed by atoms with Gasteiger partial charge in [0, 0.05) is 67.0 Å². The van der Waals surface area contributed by atoms with Crippen molar-refractivity contribution < 1.29 is 53.4 Å². The summed E-state index contributed by atoms with van der Waals surface area (Å²) in [6, 6.07) is 17.2. The zero-order valence-electron chi connectivity index (χ0n) is 43.2. The summed E-state index contributed by atoms with van der Waals surface area (Å²) < 4.78 is 24.3. The highest BCUT2D eigenvalue weighted by Crippen LogP contribution is 2.35. The van der Waals surface area contributed by atoms with Gasteiger partial charge in [-0.1, -0.05) is 23.6 Å². The molecule has 0 radical (unpaired) electrons. The number of nitrogens with zero attached hydrogens (tertiary/aromatic N) is 5. The number of aromatic hydroxyl groups is 1. The molecule has 2 aliphatic rings. The van der Waals surface area contributed by atoms with Crippen LogP contribution < -0.4 is 31.3 Å². The largest absolute Gasteiger partial charge is 0.508 e. The number of amides is 4. The summed E-state index contributed by atoms with van der Waals surface area (Å²) in [5.74, 6) is 5.75. The summed E-state index contributed by atoms with van der Waals surface area (Å²) in [5.41, 5.74) is 3.75. The number of azo groups is 1. The van der Waals surface area contributed by atoms with Crippen LogP contribution in [-0.4, -0.2) is 143 Å². The number of aromatic carboxylic acids is 1. The van der Waals surface area contributed by atoms with Crippen molar-refractivity contribution in [3.05, 3.63) is 89.2 Å². The number of nitrogens with one attached hydrogen (secondary N) is 5. The molecule has 4 aromatic rings. The van der Waals surface area contributed by atoms with E-state index in [0.717, 1.165) is 60.4 Å². The van der Waals surface area contributed by atoms with Gasteiger partial charge in [-0.3, -0.25) is 14.3 Å². The third kappa shape index (κ3) is 21.1. The molecule has 2 aliphatic heterocycles. The van der Waals surface area contributed by atoms with E-state index in [0.29, 0.717) is 103 Å². The number of benzene rings is 3. The second-order valence-corrected chi connectivity index (χ2v) is 19.6. The summed E-state index contributed by atoms with van der Waals surface area (Å²) in [5, 5.41) is 62.6. The summed E-state index contributed by atoms with van der Waals surface area (Å²) in [6.07, 6.45) is 9.35. The van der Waals surface area contributed by atoms with Gasteiger partial charge in [0.15, 0.2) is 5.75 Å². The van der Waals surface area contributed by atoms with Crippen LogP contribution >= 0.6 is 11.8 Å². The molecule has 0 spiro atoms. The van der Waals surface area contributed by atoms with Gasteiger partial charge in [0.2, 0.25) is 11.8 Å². The lowest BCUT2D eigenvalue weighted by Crippen LogP contribution is -2.36. The summed E-state index contributed by atoms with van der Waals surface area (Å²) in [4.78, 5) is 48.5. The second-order valence-electron chi connectivity index (χ2n) is 18.3. The van der Waals surface area contributed by atoms with Crippen LogP contribution in [0.4, 0.5) is 21.9 Å². The minimum atomic E-state index is -1.17. The average molecular weight is 1070 g/mol. The maximum absolute atomic E-state index is 12.6. The Bertz CT molecular complexity index is 2550. The maximum Gasteiger partial charge on any atom is 0.337 e. The van der Waals surface area contributed by atoms with Crippen molar-refractivity contribution in [3.8, 4) is 23.3 Å². The lowest BCUT2D eigenvalue weighted by Gasteiger charge is -2.16. The van der Waals surface area contributed by atoms with E-state index in [-0.39, 0.29) is 71.6 Å². The number of carbonyl (C=O) groups excluding carboxylic acids is 3. The number of anilines is 1. The first kappa shape index (κ1) is 58.5. The number of carboxylic acid groups (broad SMARTS) is 1. The Kier molecular flexibility index (Phi) is 25.1. The summed E-state index contributed by atoms with van der Waals surface area (Å²) >= 11 is 1.88. The molecule has 0 aliphatic carbocycles. The van der Waals surface area contributed by atoms with Gasteiger partial charge >= 0.3 is 12.0 Å². The molecule has 410 valence electrons. The molecule has 6 rings (SSSR count). The van der Waals surface area contributed by atoms with Crippen LogP contribution in [0.25, 0.3) is 0 Å². The number of aromatic nitrogens is 3. The molecule has 3 unspecified atom stereocenters. The Morgan fingerprint density at radius 1 is 0.829 bits per heavy atom. The molecule has 0 bridgehead atoms. The molecule has 2 saturated heterocycles. The van der Waals surface area contributed by atoms with Crippen molar-refractivity contribution in [1.82, 2.24) is 36.3 Å². The van der Waals surface area contributed by atoms with Gasteiger partial charge in [-0.25, -0.2) is 9.59 Å². The van der Waals surface area contributed by atoms with Crippen molar-refractivity contribution in [3.63, 3.8) is 0 Å². The normalized spacial score (nSPS) is 16.1. The van der Waals surface area contributed by atoms with Crippen molar-refractivity contribution in [2.45, 2.75) is 114 Å². The van der Waals surface area contributed by atoms with Gasteiger partial charge in [-0.2, -0.15) is 11.8 Å². The SMILES string of the molecule is CC#Cc1ccc(NC(O)CCCCn2cc(CCCC(=O)NCCCc3ccc(N=Nc4ccc(O)cc4OCCOCCOCCOCCNC(=O)CCCC[C@@H]4SCC5NC(=O)NC54)c(C(=O)O)c3)nn2)cc1. The van der Waals surface area contributed by atoms with Crippen LogP contribution in [0.3, 0.4) is 0 Å². The number of phenols is 1. The molecule has 2 fully saturated rings. The number of urea groups is 1. The van der Waals surface area contributed by atoms with Crippen LogP contribution in [0, 0.1) is 11.8 Å². The van der Waals surface area contributed by atoms with Crippen LogP contribution in [0.15, 0.2) is 77.1 Å². The minimum Gasteiger partial charge on any atom is -0.508 e. The topological polar surface area (TPSA) is 281 Å². The Morgan fingerprint density at radius 2 is 1.55 bits per heavy atom. The summed E-state index contributed by atoms with van der Waals surface area (Å²) in [6.45, 7) is 5.47. The van der Waals surface area contributed by atoms with Gasteiger partial charge < -0.3 is 60.9 Å². The van der Waals surface area contributed by atoms with E-state index in [1.807, 2.05) is 42.2 Å². The smallest absolute Gasteiger partial charge is 0.337 e. The van der Waals surface area contributed by atoms with E-state index in [1.54, 1.807) is 29.8 Å². The summed E-state index contributed by atoms with van der Waals surface area (Å²) in [7, 11) is 0. The molecule has 4 atom stereocenters. The zero-order valence-corrected chi connectivity index (χ0v) is 44.0. The highest BCUT2D eigenvalue weighted by Gasteiger charge is 2.42. The molecule has 76 heavy (non-hydrogen) atoms. The molecule has 4 amide bonds. The first-order valence-corrected chi connectivity index (χ1v) is 27.1. The molecular formula is C54H72N10O11S. The number of fused-ring (bicyclic) bond motifs is 1. The molecule has 21 nitrogen and oxygen atoms in total. The predicted molar refractivity (Wildman–Crippen MR) is 287 cm³/mol. The van der Waals surface area contributed by atoms with Gasteiger partial charge in [0.25, 0.3) is 0 Å². The molecule has 1 aromatic heterocycles. The number of carbonyl (C=O) groups is 4. The maximum atomic E-state index is 12.6. The fraction of sp³-hybridized carbons (Fsp3) is 0.519. The number of hydrogen-bond acceptors (Lipinski definition) is 16. The number of thioether (sulfide) groups is 1.